The highest BCUT2D eigenvalue weighted by molar-refractivity contribution is 4.66. The van der Waals surface area contributed by atoms with E-state index in [4.69, 9.17) is 0 Å². The summed E-state index contributed by atoms with van der Waals surface area (Å²) in [5, 5.41) is 28.4. The summed E-state index contributed by atoms with van der Waals surface area (Å²) in [6, 6.07) is 0. The number of rotatable bonds is 3. The Morgan fingerprint density at radius 1 is 0.333 bits per heavy atom. The molecule has 8 N–H and O–H groups in total. The zero-order chi connectivity index (χ0) is 21.0. The van der Waals surface area contributed by atoms with Crippen molar-refractivity contribution in [3.05, 3.63) is 0 Å². The molecular formula is C20H48N10. The fraction of sp³-hybridized carbons (Fsp3) is 1.00. The van der Waals surface area contributed by atoms with Crippen molar-refractivity contribution in [3.63, 3.8) is 0 Å². The number of hydrogen-bond acceptors (Lipinski definition) is 10. The molecule has 0 saturated carbocycles. The third-order valence-electron chi connectivity index (χ3n) is 5.40. The normalized spacial score (nSPS) is 25.2. The van der Waals surface area contributed by atoms with Gasteiger partial charge in [-0.3, -0.25) is 9.80 Å². The highest BCUT2D eigenvalue weighted by Crippen LogP contribution is 1.90. The molecule has 2 aliphatic rings. The summed E-state index contributed by atoms with van der Waals surface area (Å²) in [4.78, 5) is 4.94. The zero-order valence-corrected chi connectivity index (χ0v) is 19.0. The minimum absolute atomic E-state index is 0.921. The highest BCUT2D eigenvalue weighted by Gasteiger charge is 2.09. The first kappa shape index (κ1) is 25.9. The van der Waals surface area contributed by atoms with Gasteiger partial charge < -0.3 is 42.5 Å². The van der Waals surface area contributed by atoms with Crippen LogP contribution in [-0.4, -0.2) is 128 Å². The third kappa shape index (κ3) is 14.6. The van der Waals surface area contributed by atoms with Gasteiger partial charge in [-0.2, -0.15) is 0 Å². The molecule has 0 aliphatic carbocycles. The Labute approximate surface area is 184 Å². The van der Waals surface area contributed by atoms with Gasteiger partial charge in [-0.05, 0) is 39.0 Å². The molecule has 2 aliphatic heterocycles. The second-order valence-electron chi connectivity index (χ2n) is 8.13. The Balaban J connectivity index is 1.71. The van der Waals surface area contributed by atoms with Gasteiger partial charge in [-0.25, -0.2) is 0 Å². The molecule has 2 heterocycles. The number of nitrogens with zero attached hydrogens (tertiary/aromatic N) is 2. The van der Waals surface area contributed by atoms with Gasteiger partial charge in [0.25, 0.3) is 0 Å². The summed E-state index contributed by atoms with van der Waals surface area (Å²) < 4.78 is 0. The van der Waals surface area contributed by atoms with E-state index in [0.717, 1.165) is 118 Å². The average molecular weight is 429 g/mol. The first-order valence-corrected chi connectivity index (χ1v) is 12.1. The van der Waals surface area contributed by atoms with Crippen LogP contribution in [0.15, 0.2) is 0 Å². The van der Waals surface area contributed by atoms with Crippen molar-refractivity contribution in [2.75, 3.05) is 118 Å². The summed E-state index contributed by atoms with van der Waals surface area (Å²) in [6.07, 6.45) is 2.38. The average Bonchev–Trinajstić information content (AvgIpc) is 2.76. The predicted molar refractivity (Wildman–Crippen MR) is 126 cm³/mol. The molecule has 2 rings (SSSR count). The van der Waals surface area contributed by atoms with E-state index in [0.29, 0.717) is 0 Å². The lowest BCUT2D eigenvalue weighted by molar-refractivity contribution is 0.170. The SMILES string of the molecule is C1CNCCNCN(CCN2CNCCNCCCNCCNC2)CNCCNC1. The molecule has 10 heteroatoms. The van der Waals surface area contributed by atoms with Gasteiger partial charge in [0.15, 0.2) is 0 Å². The monoisotopic (exact) mass is 428 g/mol. The zero-order valence-electron chi connectivity index (χ0n) is 19.0. The molecule has 0 unspecified atom stereocenters. The fourth-order valence-corrected chi connectivity index (χ4v) is 3.54. The van der Waals surface area contributed by atoms with Crippen LogP contribution in [0.2, 0.25) is 0 Å². The van der Waals surface area contributed by atoms with E-state index in [9.17, 15) is 0 Å². The molecule has 30 heavy (non-hydrogen) atoms. The van der Waals surface area contributed by atoms with E-state index < -0.39 is 0 Å². The quantitative estimate of drug-likeness (QED) is 0.236. The predicted octanol–water partition coefficient (Wildman–Crippen LogP) is -3.06. The van der Waals surface area contributed by atoms with Crippen molar-refractivity contribution in [2.45, 2.75) is 12.8 Å². The molecule has 0 bridgehead atoms. The number of hydrogen-bond donors (Lipinski definition) is 8. The van der Waals surface area contributed by atoms with E-state index in [1.807, 2.05) is 0 Å². The van der Waals surface area contributed by atoms with E-state index >= 15 is 0 Å². The van der Waals surface area contributed by atoms with Gasteiger partial charge in [-0.1, -0.05) is 0 Å². The smallest absolute Gasteiger partial charge is 0.0493 e. The van der Waals surface area contributed by atoms with E-state index in [1.165, 1.54) is 12.8 Å². The van der Waals surface area contributed by atoms with E-state index in [-0.39, 0.29) is 0 Å². The maximum atomic E-state index is 3.59. The summed E-state index contributed by atoms with van der Waals surface area (Å²) in [7, 11) is 0. The second-order valence-corrected chi connectivity index (χ2v) is 8.13. The standard InChI is InChI=1S/C20H48N10/c1-3-21-7-11-25-17-29(18-26-12-8-22-4-1)15-16-30-19-27-13-9-23-5-2-6-24-10-14-28-20-30/h21-28H,1-20H2. The van der Waals surface area contributed by atoms with Crippen molar-refractivity contribution in [1.29, 1.82) is 0 Å². The van der Waals surface area contributed by atoms with Crippen LogP contribution in [0.1, 0.15) is 12.8 Å². The Kier molecular flexibility index (Phi) is 16.6. The topological polar surface area (TPSA) is 103 Å². The largest absolute Gasteiger partial charge is 0.315 e. The lowest BCUT2D eigenvalue weighted by Crippen LogP contribution is -2.49. The van der Waals surface area contributed by atoms with Crippen molar-refractivity contribution in [2.24, 2.45) is 0 Å². The van der Waals surface area contributed by atoms with E-state index in [1.54, 1.807) is 0 Å². The Morgan fingerprint density at radius 3 is 0.900 bits per heavy atom. The Hall–Kier alpha value is -0.400. The van der Waals surface area contributed by atoms with Gasteiger partial charge >= 0.3 is 0 Å². The molecule has 0 aromatic rings. The van der Waals surface area contributed by atoms with Gasteiger partial charge in [0.2, 0.25) is 0 Å². The first-order chi connectivity index (χ1) is 14.9. The van der Waals surface area contributed by atoms with Crippen LogP contribution < -0.4 is 42.5 Å². The molecule has 0 spiro atoms. The van der Waals surface area contributed by atoms with Crippen molar-refractivity contribution in [1.82, 2.24) is 52.3 Å². The molecular weight excluding hydrogens is 380 g/mol. The Morgan fingerprint density at radius 2 is 0.600 bits per heavy atom. The van der Waals surface area contributed by atoms with Gasteiger partial charge in [-0.15, -0.1) is 0 Å². The summed E-state index contributed by atoms with van der Waals surface area (Å²) in [5.74, 6) is 0. The van der Waals surface area contributed by atoms with Crippen molar-refractivity contribution < 1.29 is 0 Å². The van der Waals surface area contributed by atoms with Crippen LogP contribution in [-0.2, 0) is 0 Å². The van der Waals surface area contributed by atoms with Crippen LogP contribution in [0, 0.1) is 0 Å². The minimum Gasteiger partial charge on any atom is -0.315 e. The van der Waals surface area contributed by atoms with Crippen LogP contribution in [0.25, 0.3) is 0 Å². The van der Waals surface area contributed by atoms with Crippen molar-refractivity contribution >= 4 is 0 Å². The maximum absolute atomic E-state index is 3.59. The molecule has 0 atom stereocenters. The maximum Gasteiger partial charge on any atom is 0.0493 e. The summed E-state index contributed by atoms with van der Waals surface area (Å²) in [6.45, 7) is 18.3. The van der Waals surface area contributed by atoms with Crippen LogP contribution in [0.5, 0.6) is 0 Å². The lowest BCUT2D eigenvalue weighted by atomic mass is 10.4. The van der Waals surface area contributed by atoms with E-state index in [2.05, 4.69) is 52.3 Å². The summed E-state index contributed by atoms with van der Waals surface area (Å²) >= 11 is 0. The second kappa shape index (κ2) is 19.3. The molecule has 0 amide bonds. The molecule has 0 aromatic carbocycles. The molecule has 178 valence electrons. The molecule has 0 aromatic heterocycles. The summed E-state index contributed by atoms with van der Waals surface area (Å²) in [5.41, 5.74) is 0. The van der Waals surface area contributed by atoms with Crippen LogP contribution >= 0.6 is 0 Å². The molecule has 2 fully saturated rings. The molecule has 2 saturated heterocycles. The third-order valence-corrected chi connectivity index (χ3v) is 5.40. The minimum atomic E-state index is 0.921. The Bertz CT molecular complexity index is 311. The number of nitrogens with one attached hydrogen (secondary N) is 8. The lowest BCUT2D eigenvalue weighted by Gasteiger charge is -2.29. The van der Waals surface area contributed by atoms with Crippen LogP contribution in [0.3, 0.4) is 0 Å². The van der Waals surface area contributed by atoms with Crippen LogP contribution in [0.4, 0.5) is 0 Å². The fourth-order valence-electron chi connectivity index (χ4n) is 3.54. The van der Waals surface area contributed by atoms with Gasteiger partial charge in [0.05, 0.1) is 0 Å². The molecule has 10 nitrogen and oxygen atoms in total. The van der Waals surface area contributed by atoms with Crippen molar-refractivity contribution in [3.8, 4) is 0 Å². The van der Waals surface area contributed by atoms with Gasteiger partial charge in [0.1, 0.15) is 0 Å². The highest BCUT2D eigenvalue weighted by atomic mass is 15.3. The first-order valence-electron chi connectivity index (χ1n) is 12.1. The van der Waals surface area contributed by atoms with Gasteiger partial charge in [0, 0.05) is 92.1 Å². The molecule has 0 radical (unpaired) electrons.